The van der Waals surface area contributed by atoms with Crippen molar-refractivity contribution in [3.63, 3.8) is 0 Å². The molecule has 0 aliphatic carbocycles. The van der Waals surface area contributed by atoms with Gasteiger partial charge in [0.15, 0.2) is 0 Å². The summed E-state index contributed by atoms with van der Waals surface area (Å²) in [7, 11) is 0. The average molecular weight is 330 g/mol. The topological polar surface area (TPSA) is 62.5 Å². The molecule has 0 spiro atoms. The number of aromatic nitrogens is 1. The van der Waals surface area contributed by atoms with E-state index in [1.54, 1.807) is 23.1 Å². The van der Waals surface area contributed by atoms with E-state index in [4.69, 9.17) is 5.11 Å². The average Bonchev–Trinajstić information content (AvgIpc) is 3.14. The van der Waals surface area contributed by atoms with Crippen molar-refractivity contribution in [1.82, 2.24) is 9.47 Å². The quantitative estimate of drug-likeness (QED) is 0.941. The Balaban J connectivity index is 1.90. The summed E-state index contributed by atoms with van der Waals surface area (Å²) in [6.45, 7) is 4.43. The molecule has 0 saturated carbocycles. The molecule has 6 heteroatoms. The van der Waals surface area contributed by atoms with Crippen LogP contribution in [0.15, 0.2) is 30.3 Å². The third-order valence-electron chi connectivity index (χ3n) is 4.57. The first-order valence-corrected chi connectivity index (χ1v) is 7.85. The first kappa shape index (κ1) is 16.2. The molecule has 126 valence electrons. The molecule has 1 saturated heterocycles. The van der Waals surface area contributed by atoms with Crippen molar-refractivity contribution < 1.29 is 19.1 Å². The van der Waals surface area contributed by atoms with Gasteiger partial charge in [0.2, 0.25) is 0 Å². The highest BCUT2D eigenvalue weighted by Gasteiger charge is 2.32. The summed E-state index contributed by atoms with van der Waals surface area (Å²) < 4.78 is 15.0. The maximum absolute atomic E-state index is 13.1. The van der Waals surface area contributed by atoms with E-state index in [1.807, 2.05) is 18.4 Å². The number of nitrogens with zero attached hydrogens (tertiary/aromatic N) is 2. The zero-order chi connectivity index (χ0) is 17.4. The van der Waals surface area contributed by atoms with Gasteiger partial charge >= 0.3 is 5.97 Å². The van der Waals surface area contributed by atoms with Crippen LogP contribution in [0.2, 0.25) is 0 Å². The highest BCUT2D eigenvalue weighted by Crippen LogP contribution is 2.25. The van der Waals surface area contributed by atoms with E-state index in [9.17, 15) is 14.0 Å². The lowest BCUT2D eigenvalue weighted by Gasteiger charge is -2.16. The highest BCUT2D eigenvalue weighted by atomic mass is 19.1. The summed E-state index contributed by atoms with van der Waals surface area (Å²) in [5, 5.41) is 9.08. The summed E-state index contributed by atoms with van der Waals surface area (Å²) in [6.07, 6.45) is 0.484. The Bertz CT molecular complexity index is 795. The Kier molecular flexibility index (Phi) is 4.13. The molecular formula is C18H19FN2O3. The number of hydrogen-bond acceptors (Lipinski definition) is 2. The van der Waals surface area contributed by atoms with Crippen LogP contribution < -0.4 is 0 Å². The number of carbonyl (C=O) groups is 2. The van der Waals surface area contributed by atoms with Gasteiger partial charge in [0.25, 0.3) is 5.91 Å². The Morgan fingerprint density at radius 3 is 2.46 bits per heavy atom. The molecule has 5 nitrogen and oxygen atoms in total. The molecule has 3 rings (SSSR count). The molecule has 1 unspecified atom stereocenters. The van der Waals surface area contributed by atoms with Crippen LogP contribution in [0.4, 0.5) is 4.39 Å². The molecule has 1 fully saturated rings. The molecule has 1 aromatic heterocycles. The van der Waals surface area contributed by atoms with Gasteiger partial charge in [0.05, 0.1) is 11.5 Å². The monoisotopic (exact) mass is 330 g/mol. The molecule has 1 aliphatic rings. The summed E-state index contributed by atoms with van der Waals surface area (Å²) >= 11 is 0. The number of halogens is 1. The second-order valence-corrected chi connectivity index (χ2v) is 6.17. The second-order valence-electron chi connectivity index (χ2n) is 6.17. The summed E-state index contributed by atoms with van der Waals surface area (Å²) in [4.78, 5) is 25.4. The van der Waals surface area contributed by atoms with Crippen LogP contribution >= 0.6 is 0 Å². The predicted molar refractivity (Wildman–Crippen MR) is 86.8 cm³/mol. The minimum Gasteiger partial charge on any atom is -0.481 e. The fourth-order valence-corrected chi connectivity index (χ4v) is 3.28. The van der Waals surface area contributed by atoms with Gasteiger partial charge in [-0.05, 0) is 50.6 Å². The lowest BCUT2D eigenvalue weighted by Crippen LogP contribution is -2.30. The molecule has 1 amide bonds. The van der Waals surface area contributed by atoms with E-state index in [0.717, 1.165) is 17.1 Å². The van der Waals surface area contributed by atoms with Gasteiger partial charge in [0, 0.05) is 30.2 Å². The first-order chi connectivity index (χ1) is 11.4. The Morgan fingerprint density at radius 1 is 1.21 bits per heavy atom. The van der Waals surface area contributed by atoms with Crippen LogP contribution in [0.25, 0.3) is 5.69 Å². The lowest BCUT2D eigenvalue weighted by molar-refractivity contribution is -0.141. The van der Waals surface area contributed by atoms with E-state index >= 15 is 0 Å². The van der Waals surface area contributed by atoms with Crippen LogP contribution in [0.3, 0.4) is 0 Å². The molecule has 0 bridgehead atoms. The number of hydrogen-bond donors (Lipinski definition) is 1. The maximum atomic E-state index is 13.1. The van der Waals surface area contributed by atoms with Crippen molar-refractivity contribution in [2.45, 2.75) is 20.3 Å². The van der Waals surface area contributed by atoms with Gasteiger partial charge in [0.1, 0.15) is 5.82 Å². The van der Waals surface area contributed by atoms with Gasteiger partial charge in [-0.25, -0.2) is 4.39 Å². The smallest absolute Gasteiger partial charge is 0.308 e. The molecular weight excluding hydrogens is 311 g/mol. The molecule has 2 aromatic rings. The van der Waals surface area contributed by atoms with Crippen molar-refractivity contribution in [3.8, 4) is 5.69 Å². The third kappa shape index (κ3) is 2.79. The number of likely N-dealkylation sites (tertiary alicyclic amines) is 1. The van der Waals surface area contributed by atoms with Crippen molar-refractivity contribution in [2.24, 2.45) is 5.92 Å². The van der Waals surface area contributed by atoms with E-state index in [-0.39, 0.29) is 18.3 Å². The number of carbonyl (C=O) groups excluding carboxylic acids is 1. The summed E-state index contributed by atoms with van der Waals surface area (Å²) in [5.74, 6) is -1.81. The molecule has 1 aromatic carbocycles. The molecule has 1 aliphatic heterocycles. The third-order valence-corrected chi connectivity index (χ3v) is 4.57. The largest absolute Gasteiger partial charge is 0.481 e. The van der Waals surface area contributed by atoms with Crippen LogP contribution in [0.1, 0.15) is 28.2 Å². The van der Waals surface area contributed by atoms with Gasteiger partial charge in [-0.15, -0.1) is 0 Å². The normalized spacial score (nSPS) is 17.3. The maximum Gasteiger partial charge on any atom is 0.308 e. The Morgan fingerprint density at radius 2 is 1.88 bits per heavy atom. The fourth-order valence-electron chi connectivity index (χ4n) is 3.28. The minimum absolute atomic E-state index is 0.153. The zero-order valence-electron chi connectivity index (χ0n) is 13.6. The fraction of sp³-hybridized carbons (Fsp3) is 0.333. The standard InChI is InChI=1S/C18H19FN2O3/c1-11-9-16(17(22)20-8-7-13(10-20)18(23)24)12(2)21(11)15-5-3-14(19)4-6-15/h3-6,9,13H,7-8,10H2,1-2H3,(H,23,24). The molecule has 1 N–H and O–H groups in total. The first-order valence-electron chi connectivity index (χ1n) is 7.85. The van der Waals surface area contributed by atoms with E-state index in [2.05, 4.69) is 0 Å². The number of benzene rings is 1. The zero-order valence-corrected chi connectivity index (χ0v) is 13.6. The Hall–Kier alpha value is -2.63. The van der Waals surface area contributed by atoms with E-state index < -0.39 is 11.9 Å². The van der Waals surface area contributed by atoms with Crippen molar-refractivity contribution >= 4 is 11.9 Å². The number of carboxylic acids is 1. The minimum atomic E-state index is -0.859. The second kappa shape index (κ2) is 6.11. The number of aliphatic carboxylic acids is 1. The van der Waals surface area contributed by atoms with Gasteiger partial charge < -0.3 is 14.6 Å². The van der Waals surface area contributed by atoms with Crippen LogP contribution in [0.5, 0.6) is 0 Å². The molecule has 0 radical (unpaired) electrons. The SMILES string of the molecule is Cc1cc(C(=O)N2CCC(C(=O)O)C2)c(C)n1-c1ccc(F)cc1. The molecule has 1 atom stereocenters. The van der Waals surface area contributed by atoms with Gasteiger partial charge in [-0.1, -0.05) is 0 Å². The number of carboxylic acid groups (broad SMARTS) is 1. The van der Waals surface area contributed by atoms with Crippen LogP contribution in [0, 0.1) is 25.6 Å². The van der Waals surface area contributed by atoms with Crippen molar-refractivity contribution in [2.75, 3.05) is 13.1 Å². The molecule has 24 heavy (non-hydrogen) atoms. The Labute approximate surface area is 139 Å². The predicted octanol–water partition coefficient (Wildman–Crippen LogP) is 2.78. The summed E-state index contributed by atoms with van der Waals surface area (Å²) in [5.41, 5.74) is 2.98. The van der Waals surface area contributed by atoms with Crippen molar-refractivity contribution in [3.05, 3.63) is 53.1 Å². The van der Waals surface area contributed by atoms with Crippen LogP contribution in [-0.4, -0.2) is 39.5 Å². The van der Waals surface area contributed by atoms with Gasteiger partial charge in [-0.3, -0.25) is 9.59 Å². The summed E-state index contributed by atoms with van der Waals surface area (Å²) in [6, 6.07) is 7.90. The van der Waals surface area contributed by atoms with E-state index in [0.29, 0.717) is 18.5 Å². The van der Waals surface area contributed by atoms with Crippen LogP contribution in [-0.2, 0) is 4.79 Å². The number of aryl methyl sites for hydroxylation is 1. The molecule has 2 heterocycles. The lowest BCUT2D eigenvalue weighted by atomic mass is 10.1. The highest BCUT2D eigenvalue weighted by molar-refractivity contribution is 5.96. The number of rotatable bonds is 3. The van der Waals surface area contributed by atoms with E-state index in [1.165, 1.54) is 12.1 Å². The van der Waals surface area contributed by atoms with Gasteiger partial charge in [-0.2, -0.15) is 0 Å². The number of amides is 1. The van der Waals surface area contributed by atoms with Crippen molar-refractivity contribution in [1.29, 1.82) is 0 Å².